The lowest BCUT2D eigenvalue weighted by Gasteiger charge is -2.22. The van der Waals surface area contributed by atoms with Gasteiger partial charge in [-0.05, 0) is 24.3 Å². The van der Waals surface area contributed by atoms with E-state index in [1.54, 1.807) is 0 Å². The number of aromatic nitrogens is 4. The normalized spacial score (nSPS) is 16.2. The minimum absolute atomic E-state index is 0.173. The Labute approximate surface area is 103 Å². The zero-order valence-electron chi connectivity index (χ0n) is 9.69. The van der Waals surface area contributed by atoms with Crippen molar-refractivity contribution in [2.24, 2.45) is 5.92 Å². The summed E-state index contributed by atoms with van der Waals surface area (Å²) in [5.74, 6) is -9.61. The Bertz CT molecular complexity index is 472. The van der Waals surface area contributed by atoms with Crippen LogP contribution in [0.3, 0.4) is 0 Å². The van der Waals surface area contributed by atoms with Crippen LogP contribution in [0, 0.1) is 5.92 Å². The van der Waals surface area contributed by atoms with Crippen LogP contribution in [-0.2, 0) is 10.7 Å². The third-order valence-electron chi connectivity index (χ3n) is 2.63. The molecule has 0 aliphatic rings. The fraction of sp³-hybridized carbons (Fsp3) is 0.750. The van der Waals surface area contributed by atoms with E-state index in [0.29, 0.717) is 0 Å². The standard InChI is InChI=1S/C8H9F5N4O2/c1-3(5(18)19)4(2)17-6(14-15-16-17)7(9,10)8(11,12)13/h3-4H,1-2H3,(H,18,19). The number of rotatable bonds is 4. The van der Waals surface area contributed by atoms with Crippen LogP contribution in [0.4, 0.5) is 22.0 Å². The van der Waals surface area contributed by atoms with Gasteiger partial charge in [-0.25, -0.2) is 4.68 Å². The Morgan fingerprint density at radius 2 is 1.79 bits per heavy atom. The van der Waals surface area contributed by atoms with Gasteiger partial charge in [-0.15, -0.1) is 5.10 Å². The monoisotopic (exact) mass is 288 g/mol. The fourth-order valence-corrected chi connectivity index (χ4v) is 1.22. The van der Waals surface area contributed by atoms with Gasteiger partial charge in [-0.3, -0.25) is 4.79 Å². The van der Waals surface area contributed by atoms with Gasteiger partial charge in [0.2, 0.25) is 5.82 Å². The van der Waals surface area contributed by atoms with Gasteiger partial charge in [0.1, 0.15) is 0 Å². The van der Waals surface area contributed by atoms with Crippen molar-refractivity contribution in [1.82, 2.24) is 20.2 Å². The number of alkyl halides is 5. The van der Waals surface area contributed by atoms with Crippen molar-refractivity contribution in [2.45, 2.75) is 32.0 Å². The van der Waals surface area contributed by atoms with E-state index in [4.69, 9.17) is 5.11 Å². The van der Waals surface area contributed by atoms with Gasteiger partial charge < -0.3 is 5.11 Å². The molecular weight excluding hydrogens is 279 g/mol. The van der Waals surface area contributed by atoms with Gasteiger partial charge in [0.15, 0.2) is 0 Å². The molecule has 0 radical (unpaired) electrons. The molecular formula is C8H9F5N4O2. The summed E-state index contributed by atoms with van der Waals surface area (Å²) in [6, 6.07) is -1.27. The number of hydrogen-bond acceptors (Lipinski definition) is 4. The topological polar surface area (TPSA) is 80.9 Å². The minimum Gasteiger partial charge on any atom is -0.481 e. The predicted molar refractivity (Wildman–Crippen MR) is 49.3 cm³/mol. The quantitative estimate of drug-likeness (QED) is 0.851. The Balaban J connectivity index is 3.22. The molecule has 0 fully saturated rings. The SMILES string of the molecule is CC(C(=O)O)C(C)n1nnnc1C(F)(F)C(F)(F)F. The number of halogens is 5. The zero-order valence-corrected chi connectivity index (χ0v) is 9.69. The van der Waals surface area contributed by atoms with Crippen molar-refractivity contribution >= 4 is 5.97 Å². The molecule has 1 aromatic heterocycles. The molecule has 2 atom stereocenters. The number of aliphatic carboxylic acids is 1. The highest BCUT2D eigenvalue weighted by Crippen LogP contribution is 2.43. The first-order valence-electron chi connectivity index (χ1n) is 4.95. The number of carboxylic acids is 1. The summed E-state index contributed by atoms with van der Waals surface area (Å²) >= 11 is 0. The number of tetrazole rings is 1. The van der Waals surface area contributed by atoms with Crippen LogP contribution in [0.25, 0.3) is 0 Å². The second-order valence-electron chi connectivity index (χ2n) is 3.89. The van der Waals surface area contributed by atoms with Crippen LogP contribution in [0.15, 0.2) is 0 Å². The van der Waals surface area contributed by atoms with E-state index in [2.05, 4.69) is 15.5 Å². The minimum atomic E-state index is -5.87. The smallest absolute Gasteiger partial charge is 0.461 e. The summed E-state index contributed by atoms with van der Waals surface area (Å²) in [7, 11) is 0. The van der Waals surface area contributed by atoms with Crippen LogP contribution in [0.5, 0.6) is 0 Å². The Hall–Kier alpha value is -1.81. The number of hydrogen-bond donors (Lipinski definition) is 1. The molecule has 0 aromatic carbocycles. The maximum atomic E-state index is 13.1. The summed E-state index contributed by atoms with van der Waals surface area (Å²) < 4.78 is 63.1. The first-order chi connectivity index (χ1) is 8.50. The Morgan fingerprint density at radius 1 is 1.26 bits per heavy atom. The van der Waals surface area contributed by atoms with Crippen LogP contribution >= 0.6 is 0 Å². The van der Waals surface area contributed by atoms with Gasteiger partial charge in [-0.1, -0.05) is 0 Å². The highest BCUT2D eigenvalue weighted by atomic mass is 19.4. The van der Waals surface area contributed by atoms with Crippen molar-refractivity contribution < 1.29 is 31.9 Å². The van der Waals surface area contributed by atoms with Crippen molar-refractivity contribution in [2.75, 3.05) is 0 Å². The van der Waals surface area contributed by atoms with E-state index in [9.17, 15) is 26.7 Å². The fourth-order valence-electron chi connectivity index (χ4n) is 1.22. The first kappa shape index (κ1) is 15.2. The Morgan fingerprint density at radius 3 is 2.21 bits per heavy atom. The molecule has 0 aliphatic carbocycles. The summed E-state index contributed by atoms with van der Waals surface area (Å²) in [4.78, 5) is 10.7. The van der Waals surface area contributed by atoms with E-state index in [1.807, 2.05) is 0 Å². The summed E-state index contributed by atoms with van der Waals surface area (Å²) in [6.45, 7) is 2.27. The van der Waals surface area contributed by atoms with Crippen molar-refractivity contribution in [3.63, 3.8) is 0 Å². The second-order valence-corrected chi connectivity index (χ2v) is 3.89. The van der Waals surface area contributed by atoms with E-state index in [0.717, 1.165) is 13.8 Å². The van der Waals surface area contributed by atoms with Crippen LogP contribution in [0.2, 0.25) is 0 Å². The molecule has 1 aromatic rings. The van der Waals surface area contributed by atoms with E-state index in [1.165, 1.54) is 0 Å². The molecule has 0 spiro atoms. The maximum Gasteiger partial charge on any atom is 0.461 e. The Kier molecular flexibility index (Phi) is 3.77. The third-order valence-corrected chi connectivity index (χ3v) is 2.63. The summed E-state index contributed by atoms with van der Waals surface area (Å²) in [5.41, 5.74) is 0. The molecule has 0 saturated heterocycles. The average molecular weight is 288 g/mol. The third kappa shape index (κ3) is 2.63. The molecule has 1 heterocycles. The van der Waals surface area contributed by atoms with Crippen LogP contribution in [0.1, 0.15) is 25.7 Å². The number of nitrogens with zero attached hydrogens (tertiary/aromatic N) is 4. The van der Waals surface area contributed by atoms with Crippen molar-refractivity contribution in [3.8, 4) is 0 Å². The van der Waals surface area contributed by atoms with Crippen LogP contribution in [-0.4, -0.2) is 37.5 Å². The van der Waals surface area contributed by atoms with E-state index >= 15 is 0 Å². The molecule has 6 nitrogen and oxygen atoms in total. The lowest BCUT2D eigenvalue weighted by molar-refractivity contribution is -0.294. The maximum absolute atomic E-state index is 13.1. The van der Waals surface area contributed by atoms with E-state index in [-0.39, 0.29) is 4.68 Å². The van der Waals surface area contributed by atoms with Crippen LogP contribution < -0.4 is 0 Å². The van der Waals surface area contributed by atoms with Crippen molar-refractivity contribution in [3.05, 3.63) is 5.82 Å². The molecule has 0 saturated carbocycles. The summed E-state index contributed by atoms with van der Waals surface area (Å²) in [6.07, 6.45) is -5.87. The van der Waals surface area contributed by atoms with Crippen molar-refractivity contribution in [1.29, 1.82) is 0 Å². The second kappa shape index (κ2) is 4.70. The van der Waals surface area contributed by atoms with Gasteiger partial charge in [0, 0.05) is 0 Å². The van der Waals surface area contributed by atoms with Gasteiger partial charge in [0.25, 0.3) is 0 Å². The van der Waals surface area contributed by atoms with Gasteiger partial charge in [-0.2, -0.15) is 22.0 Å². The molecule has 1 N–H and O–H groups in total. The first-order valence-corrected chi connectivity index (χ1v) is 4.95. The highest BCUT2D eigenvalue weighted by Gasteiger charge is 2.62. The average Bonchev–Trinajstić information content (AvgIpc) is 2.74. The molecule has 2 unspecified atom stereocenters. The number of carbonyl (C=O) groups is 1. The molecule has 0 aliphatic heterocycles. The molecule has 0 amide bonds. The lowest BCUT2D eigenvalue weighted by Crippen LogP contribution is -2.38. The van der Waals surface area contributed by atoms with Gasteiger partial charge >= 0.3 is 18.1 Å². The van der Waals surface area contributed by atoms with Gasteiger partial charge in [0.05, 0.1) is 12.0 Å². The number of carboxylic acid groups (broad SMARTS) is 1. The molecule has 1 rings (SSSR count). The largest absolute Gasteiger partial charge is 0.481 e. The molecule has 0 bridgehead atoms. The molecule has 19 heavy (non-hydrogen) atoms. The predicted octanol–water partition coefficient (Wildman–Crippen LogP) is 1.61. The molecule has 11 heteroatoms. The lowest BCUT2D eigenvalue weighted by atomic mass is 10.0. The zero-order chi connectivity index (χ0) is 15.0. The summed E-state index contributed by atoms with van der Waals surface area (Å²) in [5, 5.41) is 17.1. The highest BCUT2D eigenvalue weighted by molar-refractivity contribution is 5.70. The van der Waals surface area contributed by atoms with E-state index < -0.39 is 35.9 Å². The molecule has 108 valence electrons.